The summed E-state index contributed by atoms with van der Waals surface area (Å²) >= 11 is 0. The molecule has 7 nitrogen and oxygen atoms in total. The lowest BCUT2D eigenvalue weighted by molar-refractivity contribution is -0.135. The van der Waals surface area contributed by atoms with Gasteiger partial charge >= 0.3 is 0 Å². The number of methoxy groups -OCH3 is 1. The first-order valence-electron chi connectivity index (χ1n) is 7.27. The summed E-state index contributed by atoms with van der Waals surface area (Å²) in [6.07, 6.45) is 3.35. The second-order valence-electron chi connectivity index (χ2n) is 5.18. The number of pyridine rings is 1. The van der Waals surface area contributed by atoms with E-state index in [1.807, 2.05) is 0 Å². The number of carbonyl (C=O) groups is 2. The first-order chi connectivity index (χ1) is 10.6. The molecule has 1 aliphatic rings. The average Bonchev–Trinajstić information content (AvgIpc) is 2.52. The Morgan fingerprint density at radius 1 is 1.50 bits per heavy atom. The zero-order chi connectivity index (χ0) is 15.9. The molecule has 7 heteroatoms. The SMILES string of the molecule is COc1ncccc1OCC(=O)N1CCCC(NC(C)=O)C1. The van der Waals surface area contributed by atoms with Gasteiger partial charge in [0.05, 0.1) is 7.11 Å². The van der Waals surface area contributed by atoms with Crippen LogP contribution in [0.3, 0.4) is 0 Å². The van der Waals surface area contributed by atoms with Crippen LogP contribution >= 0.6 is 0 Å². The van der Waals surface area contributed by atoms with Crippen LogP contribution in [-0.2, 0) is 9.59 Å². The largest absolute Gasteiger partial charge is 0.478 e. The van der Waals surface area contributed by atoms with E-state index < -0.39 is 0 Å². The fourth-order valence-electron chi connectivity index (χ4n) is 2.48. The number of nitrogens with zero attached hydrogens (tertiary/aromatic N) is 2. The molecular weight excluding hydrogens is 286 g/mol. The van der Waals surface area contributed by atoms with E-state index in [-0.39, 0.29) is 24.5 Å². The topological polar surface area (TPSA) is 80.8 Å². The number of carbonyl (C=O) groups excluding carboxylic acids is 2. The number of aromatic nitrogens is 1. The Bertz CT molecular complexity index is 535. The molecular formula is C15H21N3O4. The first-order valence-corrected chi connectivity index (χ1v) is 7.27. The second-order valence-corrected chi connectivity index (χ2v) is 5.18. The van der Waals surface area contributed by atoms with E-state index in [2.05, 4.69) is 10.3 Å². The van der Waals surface area contributed by atoms with Gasteiger partial charge in [-0.15, -0.1) is 0 Å². The summed E-state index contributed by atoms with van der Waals surface area (Å²) in [5.74, 6) is 0.607. The number of hydrogen-bond acceptors (Lipinski definition) is 5. The summed E-state index contributed by atoms with van der Waals surface area (Å²) < 4.78 is 10.6. The summed E-state index contributed by atoms with van der Waals surface area (Å²) in [5.41, 5.74) is 0. The Balaban J connectivity index is 1.87. The molecule has 1 atom stereocenters. The van der Waals surface area contributed by atoms with Crippen LogP contribution in [0.1, 0.15) is 19.8 Å². The molecule has 1 unspecified atom stereocenters. The van der Waals surface area contributed by atoms with E-state index in [4.69, 9.17) is 9.47 Å². The number of hydrogen-bond donors (Lipinski definition) is 1. The molecule has 1 N–H and O–H groups in total. The van der Waals surface area contributed by atoms with Gasteiger partial charge in [-0.25, -0.2) is 4.98 Å². The van der Waals surface area contributed by atoms with Gasteiger partial charge in [0.15, 0.2) is 12.4 Å². The van der Waals surface area contributed by atoms with Crippen molar-refractivity contribution in [3.05, 3.63) is 18.3 Å². The molecule has 1 aromatic rings. The highest BCUT2D eigenvalue weighted by Gasteiger charge is 2.24. The van der Waals surface area contributed by atoms with Crippen LogP contribution in [0.5, 0.6) is 11.6 Å². The van der Waals surface area contributed by atoms with E-state index in [0.29, 0.717) is 24.7 Å². The standard InChI is InChI=1S/C15H21N3O4/c1-11(19)17-12-5-4-8-18(9-12)14(20)10-22-13-6-3-7-16-15(13)21-2/h3,6-7,12H,4-5,8-10H2,1-2H3,(H,17,19). The minimum absolute atomic E-state index is 0.0168. The number of likely N-dealkylation sites (tertiary alicyclic amines) is 1. The van der Waals surface area contributed by atoms with Crippen molar-refractivity contribution in [1.82, 2.24) is 15.2 Å². The molecule has 0 saturated carbocycles. The number of amides is 2. The third-order valence-corrected chi connectivity index (χ3v) is 3.46. The Labute approximate surface area is 129 Å². The van der Waals surface area contributed by atoms with Gasteiger partial charge in [-0.05, 0) is 25.0 Å². The van der Waals surface area contributed by atoms with Crippen LogP contribution in [0.2, 0.25) is 0 Å². The molecule has 1 aromatic heterocycles. The Hall–Kier alpha value is -2.31. The van der Waals surface area contributed by atoms with Crippen molar-refractivity contribution in [1.29, 1.82) is 0 Å². The lowest BCUT2D eigenvalue weighted by atomic mass is 10.1. The van der Waals surface area contributed by atoms with Crippen LogP contribution < -0.4 is 14.8 Å². The van der Waals surface area contributed by atoms with Gasteiger partial charge in [0, 0.05) is 32.3 Å². The number of ether oxygens (including phenoxy) is 2. The zero-order valence-electron chi connectivity index (χ0n) is 12.9. The summed E-state index contributed by atoms with van der Waals surface area (Å²) in [5, 5.41) is 2.85. The normalized spacial score (nSPS) is 17.7. The fraction of sp³-hybridized carbons (Fsp3) is 0.533. The highest BCUT2D eigenvalue weighted by molar-refractivity contribution is 5.78. The maximum Gasteiger partial charge on any atom is 0.260 e. The van der Waals surface area contributed by atoms with Crippen molar-refractivity contribution in [3.8, 4) is 11.6 Å². The Kier molecular flexibility index (Phi) is 5.57. The molecule has 2 heterocycles. The van der Waals surface area contributed by atoms with Crippen LogP contribution in [0.4, 0.5) is 0 Å². The summed E-state index contributed by atoms with van der Waals surface area (Å²) in [6.45, 7) is 2.61. The summed E-state index contributed by atoms with van der Waals surface area (Å²) in [4.78, 5) is 29.1. The van der Waals surface area contributed by atoms with E-state index in [1.54, 1.807) is 23.2 Å². The highest BCUT2D eigenvalue weighted by atomic mass is 16.5. The minimum Gasteiger partial charge on any atom is -0.478 e. The highest BCUT2D eigenvalue weighted by Crippen LogP contribution is 2.22. The zero-order valence-corrected chi connectivity index (χ0v) is 12.9. The molecule has 1 saturated heterocycles. The maximum atomic E-state index is 12.2. The molecule has 2 rings (SSSR count). The number of rotatable bonds is 5. The van der Waals surface area contributed by atoms with E-state index in [1.165, 1.54) is 14.0 Å². The van der Waals surface area contributed by atoms with Gasteiger partial charge in [0.1, 0.15) is 0 Å². The van der Waals surface area contributed by atoms with Gasteiger partial charge in [-0.3, -0.25) is 9.59 Å². The van der Waals surface area contributed by atoms with Crippen molar-refractivity contribution in [2.75, 3.05) is 26.8 Å². The lowest BCUT2D eigenvalue weighted by Gasteiger charge is -2.32. The predicted octanol–water partition coefficient (Wildman–Crippen LogP) is 0.596. The van der Waals surface area contributed by atoms with Crippen LogP contribution in [-0.4, -0.2) is 54.5 Å². The van der Waals surface area contributed by atoms with Crippen molar-refractivity contribution in [3.63, 3.8) is 0 Å². The second kappa shape index (κ2) is 7.63. The van der Waals surface area contributed by atoms with Gasteiger partial charge in [0.25, 0.3) is 11.8 Å². The van der Waals surface area contributed by atoms with Crippen molar-refractivity contribution < 1.29 is 19.1 Å². The molecule has 0 aliphatic carbocycles. The smallest absolute Gasteiger partial charge is 0.260 e. The van der Waals surface area contributed by atoms with Crippen LogP contribution in [0.15, 0.2) is 18.3 Å². The molecule has 120 valence electrons. The molecule has 0 spiro atoms. The predicted molar refractivity (Wildman–Crippen MR) is 79.7 cm³/mol. The molecule has 22 heavy (non-hydrogen) atoms. The Morgan fingerprint density at radius 2 is 2.32 bits per heavy atom. The van der Waals surface area contributed by atoms with Crippen LogP contribution in [0.25, 0.3) is 0 Å². The van der Waals surface area contributed by atoms with Crippen molar-refractivity contribution >= 4 is 11.8 Å². The molecule has 1 aliphatic heterocycles. The van der Waals surface area contributed by atoms with Gasteiger partial charge in [0.2, 0.25) is 5.91 Å². The summed E-state index contributed by atoms with van der Waals surface area (Å²) in [7, 11) is 1.50. The third kappa shape index (κ3) is 4.34. The molecule has 0 aromatic carbocycles. The van der Waals surface area contributed by atoms with Gasteiger partial charge < -0.3 is 19.7 Å². The quantitative estimate of drug-likeness (QED) is 0.861. The Morgan fingerprint density at radius 3 is 3.05 bits per heavy atom. The third-order valence-electron chi connectivity index (χ3n) is 3.46. The van der Waals surface area contributed by atoms with Crippen molar-refractivity contribution in [2.45, 2.75) is 25.8 Å². The minimum atomic E-state index is -0.110. The van der Waals surface area contributed by atoms with E-state index in [9.17, 15) is 9.59 Å². The molecule has 1 fully saturated rings. The van der Waals surface area contributed by atoms with E-state index in [0.717, 1.165) is 12.8 Å². The lowest BCUT2D eigenvalue weighted by Crippen LogP contribution is -2.50. The number of nitrogens with one attached hydrogen (secondary N) is 1. The summed E-state index contributed by atoms with van der Waals surface area (Å²) in [6, 6.07) is 3.44. The van der Waals surface area contributed by atoms with Gasteiger partial charge in [-0.2, -0.15) is 0 Å². The number of piperidine rings is 1. The van der Waals surface area contributed by atoms with Crippen molar-refractivity contribution in [2.24, 2.45) is 0 Å². The maximum absolute atomic E-state index is 12.2. The first kappa shape index (κ1) is 16.1. The molecule has 0 radical (unpaired) electrons. The van der Waals surface area contributed by atoms with Gasteiger partial charge in [-0.1, -0.05) is 0 Å². The average molecular weight is 307 g/mol. The van der Waals surface area contributed by atoms with E-state index >= 15 is 0 Å². The molecule has 2 amide bonds. The molecule has 0 bridgehead atoms. The fourth-order valence-corrected chi connectivity index (χ4v) is 2.48. The monoisotopic (exact) mass is 307 g/mol. The van der Waals surface area contributed by atoms with Crippen LogP contribution in [0, 0.1) is 0 Å².